The van der Waals surface area contributed by atoms with Crippen LogP contribution in [0.1, 0.15) is 5.56 Å². The fraction of sp³-hybridized carbons (Fsp3) is 0.167. The Hall–Kier alpha value is 0.0474. The van der Waals surface area contributed by atoms with E-state index in [0.29, 0.717) is 22.5 Å². The summed E-state index contributed by atoms with van der Waals surface area (Å²) in [5.41, 5.74) is 0.845. The van der Waals surface area contributed by atoms with Gasteiger partial charge in [-0.15, -0.1) is 0 Å². The predicted octanol–water partition coefficient (Wildman–Crippen LogP) is 2.17. The van der Waals surface area contributed by atoms with Crippen LogP contribution in [-0.4, -0.2) is 62.4 Å². The van der Waals surface area contributed by atoms with E-state index in [-0.39, 0.29) is 26.1 Å². The second-order valence-electron chi connectivity index (χ2n) is 3.50. The number of allylic oxidation sites excluding steroid dienone is 1. The molecule has 0 aliphatic carbocycles. The number of aliphatic hydroxyl groups excluding tert-OH is 1. The molecule has 1 aromatic carbocycles. The van der Waals surface area contributed by atoms with Crippen molar-refractivity contribution >= 4 is 51.1 Å². The van der Waals surface area contributed by atoms with Crippen molar-refractivity contribution in [2.45, 2.75) is 12.3 Å². The molecule has 1 aromatic rings. The van der Waals surface area contributed by atoms with Crippen molar-refractivity contribution in [1.29, 1.82) is 0 Å². The van der Waals surface area contributed by atoms with Crippen LogP contribution < -0.4 is 0 Å². The molecule has 1 rings (SSSR count). The van der Waals surface area contributed by atoms with E-state index in [0.717, 1.165) is 5.56 Å². The molecule has 4 radical (unpaired) electrons. The van der Waals surface area contributed by atoms with Gasteiger partial charge in [0.15, 0.2) is 0 Å². The Balaban J connectivity index is 2.84. The quantitative estimate of drug-likeness (QED) is 0.682. The Morgan fingerprint density at radius 3 is 2.22 bits per heavy atom. The van der Waals surface area contributed by atoms with Gasteiger partial charge in [0.25, 0.3) is 0 Å². The molecule has 90 valence electrons. The molecule has 0 aliphatic rings. The van der Waals surface area contributed by atoms with Crippen LogP contribution in [0.4, 0.5) is 13.2 Å². The standard InChI is InChI=1S/C12H9F3O.2Sn/c13-12(14,15)9-8-11(16)7-6-10-4-2-1-3-5-10;;/h1-7,11,16H;;/q;2*+1/b7-6+,9-8?;;. The van der Waals surface area contributed by atoms with E-state index >= 15 is 0 Å². The zero-order valence-electron chi connectivity index (χ0n) is 9.20. The van der Waals surface area contributed by atoms with Crippen LogP contribution in [0.5, 0.6) is 0 Å². The summed E-state index contributed by atoms with van der Waals surface area (Å²) < 4.78 is 36.8. The van der Waals surface area contributed by atoms with E-state index in [4.69, 9.17) is 0 Å². The van der Waals surface area contributed by atoms with Crippen LogP contribution >= 0.6 is 0 Å². The summed E-state index contributed by atoms with van der Waals surface area (Å²) in [4.78, 5) is 0. The SMILES string of the molecule is OC(/C=C/c1ccccc1)/[C]([Sn+])=[C](/[Sn+])C(F)(F)F. The molecule has 1 N–H and O–H groups in total. The molecule has 18 heavy (non-hydrogen) atoms. The summed E-state index contributed by atoms with van der Waals surface area (Å²) in [5, 5.41) is 9.70. The first-order valence-corrected chi connectivity index (χ1v) is 7.83. The van der Waals surface area contributed by atoms with Crippen LogP contribution in [0.15, 0.2) is 43.6 Å². The van der Waals surface area contributed by atoms with Gasteiger partial charge in [-0.25, -0.2) is 0 Å². The van der Waals surface area contributed by atoms with Crippen molar-refractivity contribution in [2.75, 3.05) is 0 Å². The number of aliphatic hydroxyl groups is 1. The van der Waals surface area contributed by atoms with Crippen LogP contribution in [0, 0.1) is 0 Å². The van der Waals surface area contributed by atoms with E-state index in [1.807, 2.05) is 30.3 Å². The molecule has 0 aromatic heterocycles. The van der Waals surface area contributed by atoms with Gasteiger partial charge in [-0.05, 0) is 0 Å². The molecule has 0 spiro atoms. The zero-order chi connectivity index (χ0) is 13.8. The molecule has 0 saturated heterocycles. The van der Waals surface area contributed by atoms with Crippen molar-refractivity contribution in [3.05, 3.63) is 49.1 Å². The Morgan fingerprint density at radius 1 is 1.17 bits per heavy atom. The Morgan fingerprint density at radius 2 is 1.72 bits per heavy atom. The van der Waals surface area contributed by atoms with Crippen molar-refractivity contribution in [2.24, 2.45) is 0 Å². The second-order valence-corrected chi connectivity index (χ2v) is 6.47. The molecule has 0 heterocycles. The molecule has 0 fully saturated rings. The van der Waals surface area contributed by atoms with Gasteiger partial charge in [0, 0.05) is 0 Å². The van der Waals surface area contributed by atoms with E-state index in [1.165, 1.54) is 6.08 Å². The van der Waals surface area contributed by atoms with E-state index in [2.05, 4.69) is 0 Å². The normalized spacial score (nSPS) is 15.6. The summed E-state index contributed by atoms with van der Waals surface area (Å²) in [6.07, 6.45) is -2.50. The summed E-state index contributed by atoms with van der Waals surface area (Å²) in [6, 6.07) is 9.13. The van der Waals surface area contributed by atoms with Gasteiger partial charge in [-0.3, -0.25) is 0 Å². The zero-order valence-corrected chi connectivity index (χ0v) is 14.9. The molecule has 1 atom stereocenters. The molecule has 0 aliphatic heterocycles. The first kappa shape index (κ1) is 16.1. The predicted molar refractivity (Wildman–Crippen MR) is 66.1 cm³/mol. The molecular weight excluding hydrogens is 455 g/mol. The van der Waals surface area contributed by atoms with Crippen LogP contribution in [0.25, 0.3) is 6.08 Å². The fourth-order valence-corrected chi connectivity index (χ4v) is 2.26. The maximum atomic E-state index is 12.5. The fourth-order valence-electron chi connectivity index (χ4n) is 1.16. The Bertz CT molecular complexity index is 452. The third-order valence-electron chi connectivity index (χ3n) is 2.12. The molecule has 0 saturated carbocycles. The van der Waals surface area contributed by atoms with Crippen LogP contribution in [-0.2, 0) is 0 Å². The van der Waals surface area contributed by atoms with Gasteiger partial charge >= 0.3 is 131 Å². The average molecular weight is 464 g/mol. The minimum absolute atomic E-state index is 0.0417. The van der Waals surface area contributed by atoms with Crippen molar-refractivity contribution in [3.63, 3.8) is 0 Å². The Labute approximate surface area is 130 Å². The second kappa shape index (κ2) is 7.00. The molecule has 1 nitrogen and oxygen atoms in total. The number of hydrogen-bond donors (Lipinski definition) is 1. The van der Waals surface area contributed by atoms with E-state index in [1.54, 1.807) is 6.08 Å². The Kier molecular flexibility index (Phi) is 6.26. The molecule has 1 unspecified atom stereocenters. The number of benzene rings is 1. The maximum absolute atomic E-state index is 12.5. The first-order valence-electron chi connectivity index (χ1n) is 4.98. The monoisotopic (exact) mass is 466 g/mol. The summed E-state index contributed by atoms with van der Waals surface area (Å²) in [7, 11) is 0. The van der Waals surface area contributed by atoms with Gasteiger partial charge in [0.05, 0.1) is 0 Å². The number of rotatable bonds is 3. The van der Waals surface area contributed by atoms with Gasteiger partial charge in [0.2, 0.25) is 0 Å². The van der Waals surface area contributed by atoms with Gasteiger partial charge in [-0.2, -0.15) is 0 Å². The van der Waals surface area contributed by atoms with Crippen LogP contribution in [0.2, 0.25) is 0 Å². The number of hydrogen-bond acceptors (Lipinski definition) is 1. The average Bonchev–Trinajstić information content (AvgIpc) is 2.34. The van der Waals surface area contributed by atoms with Crippen molar-refractivity contribution < 1.29 is 18.3 Å². The van der Waals surface area contributed by atoms with E-state index in [9.17, 15) is 18.3 Å². The first-order chi connectivity index (χ1) is 8.32. The van der Waals surface area contributed by atoms with Gasteiger partial charge in [-0.1, -0.05) is 0 Å². The number of alkyl halides is 3. The minimum atomic E-state index is -4.33. The topological polar surface area (TPSA) is 20.2 Å². The summed E-state index contributed by atoms with van der Waals surface area (Å²) >= 11 is 0.862. The van der Waals surface area contributed by atoms with Crippen LogP contribution in [0.3, 0.4) is 0 Å². The molecular formula is C12H9F3OSn2+2. The molecule has 6 heteroatoms. The molecule has 0 amide bonds. The third kappa shape index (κ3) is 4.97. The van der Waals surface area contributed by atoms with Gasteiger partial charge in [0.1, 0.15) is 0 Å². The van der Waals surface area contributed by atoms with Gasteiger partial charge < -0.3 is 0 Å². The molecule has 0 bridgehead atoms. The summed E-state index contributed by atoms with van der Waals surface area (Å²) in [6.45, 7) is 0. The van der Waals surface area contributed by atoms with E-state index < -0.39 is 15.9 Å². The van der Waals surface area contributed by atoms with Crippen molar-refractivity contribution in [1.82, 2.24) is 0 Å². The summed E-state index contributed by atoms with van der Waals surface area (Å²) in [5.74, 6) is 0. The van der Waals surface area contributed by atoms with Crippen molar-refractivity contribution in [3.8, 4) is 0 Å². The number of halogens is 3. The third-order valence-corrected chi connectivity index (χ3v) is 7.29.